The number of methoxy groups -OCH3 is 1. The van der Waals surface area contributed by atoms with Gasteiger partial charge in [-0.1, -0.05) is 55.5 Å². The highest BCUT2D eigenvalue weighted by molar-refractivity contribution is 5.93. The van der Waals surface area contributed by atoms with Crippen molar-refractivity contribution < 1.29 is 33.4 Å². The Kier molecular flexibility index (Phi) is 10.5. The highest BCUT2D eigenvalue weighted by Gasteiger charge is 2.35. The maximum atomic E-state index is 14.8. The van der Waals surface area contributed by atoms with Crippen LogP contribution in [0.25, 0.3) is 33.4 Å². The second kappa shape index (κ2) is 15.7. The molecular formula is C45H45FN4O7. The van der Waals surface area contributed by atoms with Crippen LogP contribution in [-0.4, -0.2) is 71.3 Å². The summed E-state index contributed by atoms with van der Waals surface area (Å²) < 4.78 is 27.3. The maximum Gasteiger partial charge on any atom is 0.409 e. The van der Waals surface area contributed by atoms with E-state index in [1.54, 1.807) is 16.4 Å². The molecule has 0 radical (unpaired) electrons. The van der Waals surface area contributed by atoms with Crippen molar-refractivity contribution in [3.63, 3.8) is 0 Å². The molecule has 1 saturated heterocycles. The Morgan fingerprint density at radius 1 is 1.07 bits per heavy atom. The number of fused-ring (bicyclic) bond motifs is 7. The Balaban J connectivity index is 0.000000172. The largest absolute Gasteiger partial charge is 0.448 e. The molecule has 3 aromatic carbocycles. The monoisotopic (exact) mass is 772 g/mol. The third-order valence-corrected chi connectivity index (χ3v) is 12.1. The first-order chi connectivity index (χ1) is 27.7. The lowest BCUT2D eigenvalue weighted by atomic mass is 9.82. The second-order valence-corrected chi connectivity index (χ2v) is 15.2. The summed E-state index contributed by atoms with van der Waals surface area (Å²) in [4.78, 5) is 55.4. The van der Waals surface area contributed by atoms with Gasteiger partial charge in [-0.3, -0.25) is 9.59 Å². The number of hydrogen-bond donors (Lipinski definition) is 2. The number of aldehydes is 1. The number of aryl methyl sites for hydroxylation is 1. The van der Waals surface area contributed by atoms with Crippen molar-refractivity contribution in [3.05, 3.63) is 121 Å². The maximum absolute atomic E-state index is 14.8. The molecule has 2 aliphatic heterocycles. The molecule has 5 aromatic rings. The molecule has 12 heteroatoms. The standard InChI is InChI=1S/C26H26FN3O4.C19H19NO3/c1-4-14(10-31)16-7-22-25-17(9-30(22)26(33)18(16)11-34-3)24-20(28-12-32)6-5-15-13(2)19(27)8-21(29-25)23(15)24;21-13-9-10-20(11-13)19(22)23-12-18-16-7-3-1-5-14(16)15-6-2-4-8-17(15)18/h7-8,10,12,14,20H,4-6,9,11H2,1-3H3,(H,28,32);1-8,13,18,21H,9-12H2. The minimum Gasteiger partial charge on any atom is -0.448 e. The van der Waals surface area contributed by atoms with Gasteiger partial charge in [0, 0.05) is 54.6 Å². The molecule has 4 heterocycles. The average molecular weight is 773 g/mol. The number of hydrogen-bond acceptors (Lipinski definition) is 8. The van der Waals surface area contributed by atoms with Crippen molar-refractivity contribution >= 4 is 29.7 Å². The van der Waals surface area contributed by atoms with Gasteiger partial charge in [0.25, 0.3) is 5.56 Å². The van der Waals surface area contributed by atoms with Crippen LogP contribution in [0.1, 0.15) is 88.6 Å². The fraction of sp³-hybridized carbons (Fsp3) is 0.356. The van der Waals surface area contributed by atoms with Crippen molar-refractivity contribution in [1.82, 2.24) is 19.8 Å². The third-order valence-electron chi connectivity index (χ3n) is 12.1. The lowest BCUT2D eigenvalue weighted by Gasteiger charge is -2.28. The number of carbonyl (C=O) groups is 3. The number of aliphatic hydroxyl groups excluding tert-OH is 1. The van der Waals surface area contributed by atoms with Gasteiger partial charge < -0.3 is 34.2 Å². The van der Waals surface area contributed by atoms with Crippen LogP contribution in [0.15, 0.2) is 65.5 Å². The summed E-state index contributed by atoms with van der Waals surface area (Å²) in [6.45, 7) is 5.33. The van der Waals surface area contributed by atoms with E-state index >= 15 is 0 Å². The molecule has 0 saturated carbocycles. The Labute approximate surface area is 329 Å². The number of aliphatic hydroxyl groups is 1. The summed E-state index contributed by atoms with van der Waals surface area (Å²) in [5, 5.41) is 13.3. The summed E-state index contributed by atoms with van der Waals surface area (Å²) >= 11 is 0. The van der Waals surface area contributed by atoms with Gasteiger partial charge >= 0.3 is 6.09 Å². The molecule has 9 rings (SSSR count). The van der Waals surface area contributed by atoms with Crippen molar-refractivity contribution in [3.8, 4) is 22.5 Å². The van der Waals surface area contributed by atoms with Crippen molar-refractivity contribution in [1.29, 1.82) is 0 Å². The minimum atomic E-state index is -0.442. The van der Waals surface area contributed by atoms with Gasteiger partial charge in [0.1, 0.15) is 18.7 Å². The van der Waals surface area contributed by atoms with Crippen LogP contribution in [0.3, 0.4) is 0 Å². The zero-order valence-corrected chi connectivity index (χ0v) is 32.2. The van der Waals surface area contributed by atoms with Gasteiger partial charge in [-0.15, -0.1) is 0 Å². The lowest BCUT2D eigenvalue weighted by molar-refractivity contribution is -0.110. The highest BCUT2D eigenvalue weighted by Crippen LogP contribution is 2.46. The number of aromatic nitrogens is 2. The number of halogens is 1. The normalized spacial score (nSPS) is 17.9. The predicted molar refractivity (Wildman–Crippen MR) is 213 cm³/mol. The van der Waals surface area contributed by atoms with Crippen LogP contribution in [0.5, 0.6) is 0 Å². The van der Waals surface area contributed by atoms with E-state index in [9.17, 15) is 28.7 Å². The first-order valence-corrected chi connectivity index (χ1v) is 19.5. The number of rotatable bonds is 9. The van der Waals surface area contributed by atoms with Crippen LogP contribution in [-0.2, 0) is 38.6 Å². The van der Waals surface area contributed by atoms with Crippen molar-refractivity contribution in [2.45, 2.75) is 76.7 Å². The van der Waals surface area contributed by atoms with Crippen LogP contribution >= 0.6 is 0 Å². The number of benzene rings is 3. The van der Waals surface area contributed by atoms with Crippen LogP contribution in [0.4, 0.5) is 9.18 Å². The van der Waals surface area contributed by atoms with Gasteiger partial charge in [-0.05, 0) is 83.2 Å². The van der Waals surface area contributed by atoms with Gasteiger partial charge in [0.05, 0.1) is 42.2 Å². The number of amides is 2. The third kappa shape index (κ3) is 6.60. The van der Waals surface area contributed by atoms with E-state index in [2.05, 4.69) is 29.6 Å². The summed E-state index contributed by atoms with van der Waals surface area (Å²) in [5.74, 6) is -0.678. The molecular weight excluding hydrogens is 728 g/mol. The second-order valence-electron chi connectivity index (χ2n) is 15.2. The molecule has 3 atom stereocenters. The molecule has 0 spiro atoms. The van der Waals surface area contributed by atoms with E-state index in [4.69, 9.17) is 14.5 Å². The number of nitrogens with one attached hydrogen (secondary N) is 1. The van der Waals surface area contributed by atoms with Crippen molar-refractivity contribution in [2.75, 3.05) is 26.8 Å². The quantitative estimate of drug-likeness (QED) is 0.160. The Hall–Kier alpha value is -5.72. The number of carbonyl (C=O) groups excluding carboxylic acids is 3. The number of β-amino-alcohol motifs (C(OH)–C–C–N with tert-alkyl or cyclic N) is 1. The van der Waals surface area contributed by atoms with E-state index in [0.717, 1.165) is 28.4 Å². The summed E-state index contributed by atoms with van der Waals surface area (Å²) in [7, 11) is 1.52. The molecule has 57 heavy (non-hydrogen) atoms. The number of likely N-dealkylation sites (tertiary alicyclic amines) is 1. The molecule has 2 aromatic heterocycles. The predicted octanol–water partition coefficient (Wildman–Crippen LogP) is 6.45. The average Bonchev–Trinajstić information content (AvgIpc) is 3.92. The molecule has 2 aliphatic carbocycles. The molecule has 294 valence electrons. The van der Waals surface area contributed by atoms with Gasteiger partial charge in [0.15, 0.2) is 0 Å². The first kappa shape index (κ1) is 38.2. The fourth-order valence-electron chi connectivity index (χ4n) is 9.21. The lowest BCUT2D eigenvalue weighted by Crippen LogP contribution is -2.31. The molecule has 2 amide bonds. The van der Waals surface area contributed by atoms with Crippen molar-refractivity contribution in [2.24, 2.45) is 0 Å². The van der Waals surface area contributed by atoms with Gasteiger partial charge in [-0.25, -0.2) is 14.2 Å². The van der Waals surface area contributed by atoms with Gasteiger partial charge in [-0.2, -0.15) is 0 Å². The first-order valence-electron chi connectivity index (χ1n) is 19.5. The number of nitrogens with zero attached hydrogens (tertiary/aromatic N) is 3. The SMILES string of the molecule is CCC(C=O)c1cc2n(c(=O)c1COC)Cc1c-2nc2cc(F)c(C)c3c2c1C(NC=O)CC3.O=C(OCC1c2ccccc2-c2ccccc21)N1CCC(O)C1. The van der Waals surface area contributed by atoms with Crippen LogP contribution < -0.4 is 10.9 Å². The van der Waals surface area contributed by atoms with E-state index < -0.39 is 12.0 Å². The number of ether oxygens (including phenoxy) is 2. The van der Waals surface area contributed by atoms with E-state index in [0.29, 0.717) is 91.9 Å². The van der Waals surface area contributed by atoms with E-state index in [-0.39, 0.29) is 36.0 Å². The summed E-state index contributed by atoms with van der Waals surface area (Å²) in [6.07, 6.45) is 3.23. The Morgan fingerprint density at radius 2 is 1.79 bits per heavy atom. The van der Waals surface area contributed by atoms with Crippen LogP contribution in [0, 0.1) is 12.7 Å². The molecule has 3 unspecified atom stereocenters. The number of pyridine rings is 2. The minimum absolute atomic E-state index is 0.0823. The molecule has 0 bridgehead atoms. The summed E-state index contributed by atoms with van der Waals surface area (Å²) in [5.41, 5.74) is 10.7. The topological polar surface area (TPSA) is 140 Å². The summed E-state index contributed by atoms with van der Waals surface area (Å²) in [6, 6.07) is 19.6. The zero-order chi connectivity index (χ0) is 40.0. The Bertz CT molecular complexity index is 2440. The Morgan fingerprint density at radius 3 is 2.42 bits per heavy atom. The van der Waals surface area contributed by atoms with E-state index in [1.807, 2.05) is 37.3 Å². The highest BCUT2D eigenvalue weighted by atomic mass is 19.1. The molecule has 4 aliphatic rings. The molecule has 11 nitrogen and oxygen atoms in total. The van der Waals surface area contributed by atoms with Crippen LogP contribution in [0.2, 0.25) is 0 Å². The van der Waals surface area contributed by atoms with E-state index in [1.165, 1.54) is 35.4 Å². The van der Waals surface area contributed by atoms with Gasteiger partial charge in [0.2, 0.25) is 6.41 Å². The smallest absolute Gasteiger partial charge is 0.409 e. The zero-order valence-electron chi connectivity index (χ0n) is 32.2. The molecule has 2 N–H and O–H groups in total. The fourth-order valence-corrected chi connectivity index (χ4v) is 9.21. The molecule has 1 fully saturated rings.